The maximum atomic E-state index is 9.49. The number of hydrogen-bond donors (Lipinski definition) is 2. The van der Waals surface area contributed by atoms with Crippen molar-refractivity contribution < 1.29 is 14.6 Å². The Morgan fingerprint density at radius 2 is 1.62 bits per heavy atom. The molecule has 0 bridgehead atoms. The molecule has 190 valence electrons. The van der Waals surface area contributed by atoms with Gasteiger partial charge in [-0.25, -0.2) is 4.98 Å². The van der Waals surface area contributed by atoms with Gasteiger partial charge in [0.05, 0.1) is 23.8 Å². The molecule has 37 heavy (non-hydrogen) atoms. The van der Waals surface area contributed by atoms with Gasteiger partial charge in [0, 0.05) is 30.0 Å². The summed E-state index contributed by atoms with van der Waals surface area (Å²) < 4.78 is 13.2. The van der Waals surface area contributed by atoms with E-state index in [1.165, 1.54) is 0 Å². The smallest absolute Gasteiger partial charge is 0.184 e. The Morgan fingerprint density at radius 3 is 2.35 bits per heavy atom. The van der Waals surface area contributed by atoms with Crippen molar-refractivity contribution in [1.29, 1.82) is 0 Å². The number of aliphatic hydroxyl groups is 1. The molecule has 1 fully saturated rings. The van der Waals surface area contributed by atoms with Crippen LogP contribution in [0.3, 0.4) is 0 Å². The third kappa shape index (κ3) is 6.12. The van der Waals surface area contributed by atoms with Crippen molar-refractivity contribution in [2.75, 3.05) is 5.75 Å². The minimum absolute atomic E-state index is 0.0224. The molecule has 0 radical (unpaired) electrons. The van der Waals surface area contributed by atoms with E-state index in [0.717, 1.165) is 44.2 Å². The van der Waals surface area contributed by atoms with Crippen molar-refractivity contribution in [3.63, 3.8) is 0 Å². The van der Waals surface area contributed by atoms with E-state index in [1.54, 1.807) is 11.8 Å². The fraction of sp³-hybridized carbons (Fsp3) is 0.258. The van der Waals surface area contributed by atoms with Crippen LogP contribution < -0.4 is 5.73 Å². The third-order valence-electron chi connectivity index (χ3n) is 6.81. The first kappa shape index (κ1) is 25.6. The number of aromatic nitrogens is 1. The van der Waals surface area contributed by atoms with Gasteiger partial charge in [0.15, 0.2) is 6.29 Å². The Bertz CT molecular complexity index is 1300. The van der Waals surface area contributed by atoms with Gasteiger partial charge in [-0.1, -0.05) is 73.7 Å². The van der Waals surface area contributed by atoms with Crippen LogP contribution in [0.2, 0.25) is 0 Å². The van der Waals surface area contributed by atoms with Crippen molar-refractivity contribution in [3.8, 4) is 11.1 Å². The van der Waals surface area contributed by atoms with E-state index in [0.29, 0.717) is 6.54 Å². The average Bonchev–Trinajstić information content (AvgIpc) is 2.97. The molecule has 5 rings (SSSR count). The minimum atomic E-state index is -0.509. The van der Waals surface area contributed by atoms with Crippen molar-refractivity contribution in [2.24, 2.45) is 11.7 Å². The first-order chi connectivity index (χ1) is 18.1. The predicted octanol–water partition coefficient (Wildman–Crippen LogP) is 6.28. The van der Waals surface area contributed by atoms with Gasteiger partial charge in [0.2, 0.25) is 0 Å². The molecule has 0 amide bonds. The molecule has 2 heterocycles. The van der Waals surface area contributed by atoms with Crippen molar-refractivity contribution in [3.05, 3.63) is 119 Å². The summed E-state index contributed by atoms with van der Waals surface area (Å²) in [5, 5.41) is 10.5. The summed E-state index contributed by atoms with van der Waals surface area (Å²) in [5.41, 5.74) is 12.1. The summed E-state index contributed by atoms with van der Waals surface area (Å²) in [4.78, 5) is 4.46. The molecule has 1 aliphatic rings. The highest BCUT2D eigenvalue weighted by molar-refractivity contribution is 7.99. The molecular formula is C31H32N2O3S. The molecule has 1 saturated heterocycles. The van der Waals surface area contributed by atoms with E-state index in [-0.39, 0.29) is 24.7 Å². The fourth-order valence-electron chi connectivity index (χ4n) is 4.65. The summed E-state index contributed by atoms with van der Waals surface area (Å²) >= 11 is 1.70. The second kappa shape index (κ2) is 12.0. The molecule has 0 aliphatic carbocycles. The standard InChI is InChI=1S/C31H32N2O3S/c1-21-28(20-37-29-10-2-3-15-33-29)35-31(36-30(21)24-13-11-22(19-34)12-14-24)27-9-5-8-26(17-27)25-7-4-6-23(16-25)18-32/h2-17,21,28,30-31,34H,18-20,32H2,1H3/t21-,28+,30+,31+/m0/s1. The quantitative estimate of drug-likeness (QED) is 0.271. The number of hydrogen-bond acceptors (Lipinski definition) is 6. The minimum Gasteiger partial charge on any atom is -0.392 e. The summed E-state index contributed by atoms with van der Waals surface area (Å²) in [6.07, 6.45) is 1.11. The molecule has 1 aromatic heterocycles. The van der Waals surface area contributed by atoms with Gasteiger partial charge >= 0.3 is 0 Å². The van der Waals surface area contributed by atoms with Crippen molar-refractivity contribution in [2.45, 2.75) is 43.6 Å². The second-order valence-corrected chi connectivity index (χ2v) is 10.4. The zero-order valence-corrected chi connectivity index (χ0v) is 21.7. The first-order valence-electron chi connectivity index (χ1n) is 12.6. The SMILES string of the molecule is C[C@H]1[C@@H](CSc2ccccn2)O[C@@H](c2cccc(-c3cccc(CN)c3)c2)O[C@H]1c1ccc(CO)cc1. The maximum absolute atomic E-state index is 9.49. The van der Waals surface area contributed by atoms with Crippen LogP contribution in [-0.2, 0) is 22.6 Å². The molecule has 3 aromatic carbocycles. The van der Waals surface area contributed by atoms with Crippen LogP contribution in [0.25, 0.3) is 11.1 Å². The van der Waals surface area contributed by atoms with Crippen LogP contribution in [0.1, 0.15) is 41.6 Å². The lowest BCUT2D eigenvalue weighted by Gasteiger charge is -2.41. The Kier molecular flexibility index (Phi) is 8.34. The predicted molar refractivity (Wildman–Crippen MR) is 148 cm³/mol. The van der Waals surface area contributed by atoms with Crippen LogP contribution in [0.15, 0.2) is 102 Å². The van der Waals surface area contributed by atoms with Crippen molar-refractivity contribution >= 4 is 11.8 Å². The Balaban J connectivity index is 1.44. The van der Waals surface area contributed by atoms with Gasteiger partial charge in [-0.15, -0.1) is 11.8 Å². The zero-order chi connectivity index (χ0) is 25.6. The number of pyridine rings is 1. The van der Waals surface area contributed by atoms with E-state index in [9.17, 15) is 5.11 Å². The number of thioether (sulfide) groups is 1. The monoisotopic (exact) mass is 512 g/mol. The molecule has 0 saturated carbocycles. The van der Waals surface area contributed by atoms with Gasteiger partial charge in [-0.3, -0.25) is 0 Å². The maximum Gasteiger partial charge on any atom is 0.184 e. The third-order valence-corrected chi connectivity index (χ3v) is 7.84. The van der Waals surface area contributed by atoms with E-state index in [1.807, 2.05) is 66.9 Å². The number of nitrogens with zero attached hydrogens (tertiary/aromatic N) is 1. The largest absolute Gasteiger partial charge is 0.392 e. The lowest BCUT2D eigenvalue weighted by atomic mass is 9.91. The molecule has 6 heteroatoms. The average molecular weight is 513 g/mol. The summed E-state index contributed by atoms with van der Waals surface area (Å²) in [6, 6.07) is 30.6. The van der Waals surface area contributed by atoms with Gasteiger partial charge in [0.25, 0.3) is 0 Å². The molecule has 4 atom stereocenters. The van der Waals surface area contributed by atoms with Crippen molar-refractivity contribution in [1.82, 2.24) is 4.98 Å². The Hall–Kier alpha value is -3.00. The molecule has 0 spiro atoms. The fourth-order valence-corrected chi connectivity index (χ4v) is 5.68. The van der Waals surface area contributed by atoms with Crippen LogP contribution in [0, 0.1) is 5.92 Å². The number of aliphatic hydroxyl groups excluding tert-OH is 1. The molecule has 3 N–H and O–H groups in total. The number of ether oxygens (including phenoxy) is 2. The van der Waals surface area contributed by atoms with Gasteiger partial charge in [0.1, 0.15) is 0 Å². The first-order valence-corrected chi connectivity index (χ1v) is 13.6. The molecule has 4 aromatic rings. The van der Waals surface area contributed by atoms with Gasteiger partial charge in [-0.05, 0) is 52.1 Å². The Labute approximate surface area is 222 Å². The van der Waals surface area contributed by atoms with E-state index in [2.05, 4.69) is 42.2 Å². The number of rotatable bonds is 8. The van der Waals surface area contributed by atoms with Crippen LogP contribution in [-0.4, -0.2) is 21.9 Å². The summed E-state index contributed by atoms with van der Waals surface area (Å²) in [7, 11) is 0. The zero-order valence-electron chi connectivity index (χ0n) is 20.9. The van der Waals surface area contributed by atoms with E-state index in [4.69, 9.17) is 15.2 Å². The lowest BCUT2D eigenvalue weighted by Crippen LogP contribution is -2.38. The van der Waals surface area contributed by atoms with Gasteiger partial charge in [-0.2, -0.15) is 0 Å². The number of benzene rings is 3. The second-order valence-electron chi connectivity index (χ2n) is 9.33. The van der Waals surface area contributed by atoms with Gasteiger partial charge < -0.3 is 20.3 Å². The normalized spacial score (nSPS) is 21.6. The van der Waals surface area contributed by atoms with Crippen LogP contribution >= 0.6 is 11.8 Å². The highest BCUT2D eigenvalue weighted by Gasteiger charge is 2.38. The highest BCUT2D eigenvalue weighted by Crippen LogP contribution is 2.43. The highest BCUT2D eigenvalue weighted by atomic mass is 32.2. The molecule has 5 nitrogen and oxygen atoms in total. The van der Waals surface area contributed by atoms with Crippen LogP contribution in [0.5, 0.6) is 0 Å². The van der Waals surface area contributed by atoms with Crippen LogP contribution in [0.4, 0.5) is 0 Å². The summed E-state index contributed by atoms with van der Waals surface area (Å²) in [6.45, 7) is 2.71. The molecule has 1 aliphatic heterocycles. The Morgan fingerprint density at radius 1 is 0.838 bits per heavy atom. The topological polar surface area (TPSA) is 77.6 Å². The molecule has 0 unspecified atom stereocenters. The number of nitrogens with two attached hydrogens (primary N) is 1. The molecular weight excluding hydrogens is 480 g/mol. The van der Waals surface area contributed by atoms with E-state index < -0.39 is 6.29 Å². The lowest BCUT2D eigenvalue weighted by molar-refractivity contribution is -0.268. The van der Waals surface area contributed by atoms with E-state index >= 15 is 0 Å². The summed E-state index contributed by atoms with van der Waals surface area (Å²) in [5.74, 6) is 0.887.